The number of aromatic nitrogens is 6. The molecule has 8 N–H and O–H groups in total. The van der Waals surface area contributed by atoms with E-state index in [0.717, 1.165) is 30.3 Å². The predicted octanol–water partition coefficient (Wildman–Crippen LogP) is -10.1. The van der Waals surface area contributed by atoms with E-state index in [9.17, 15) is 57.8 Å². The summed E-state index contributed by atoms with van der Waals surface area (Å²) in [6.07, 6.45) is 0. The third-order valence-electron chi connectivity index (χ3n) is 9.57. The number of sulfone groups is 1. The van der Waals surface area contributed by atoms with Gasteiger partial charge in [0.15, 0.2) is 22.2 Å². The van der Waals surface area contributed by atoms with E-state index in [1.165, 1.54) is 54.6 Å². The molecule has 2 aromatic heterocycles. The number of nitrogens with zero attached hydrogens (tertiary/aromatic N) is 10. The molecule has 7 rings (SSSR count). The molecule has 0 radical (unpaired) electrons. The predicted molar refractivity (Wildman–Crippen MR) is 272 cm³/mol. The van der Waals surface area contributed by atoms with Gasteiger partial charge in [0.2, 0.25) is 34.4 Å². The van der Waals surface area contributed by atoms with Gasteiger partial charge in [-0.2, -0.15) is 34.2 Å². The second-order valence-electron chi connectivity index (χ2n) is 14.8. The van der Waals surface area contributed by atoms with Gasteiger partial charge in [-0.15, -0.1) is 24.8 Å². The van der Waals surface area contributed by atoms with Gasteiger partial charge in [0.05, 0.1) is 60.3 Å². The quantitative estimate of drug-likeness (QED) is 0.00452. The summed E-state index contributed by atoms with van der Waals surface area (Å²) < 4.78 is 148. The second kappa shape index (κ2) is 35.4. The maximum atomic E-state index is 12.7. The van der Waals surface area contributed by atoms with E-state index in [0.29, 0.717) is 23.8 Å². The van der Waals surface area contributed by atoms with E-state index in [1.807, 2.05) is 0 Å². The first-order chi connectivity index (χ1) is 37.8. The minimum atomic E-state index is -5.50. The zero-order chi connectivity index (χ0) is 58.0. The average molecular weight is 1370 g/mol. The topological polar surface area (TPSA) is 525 Å². The van der Waals surface area contributed by atoms with Crippen molar-refractivity contribution in [2.24, 2.45) is 20.5 Å². The number of hydrogen-bond donors (Lipinski definition) is 6. The largest absolute Gasteiger partial charge is 1.00 e. The van der Waals surface area contributed by atoms with Crippen molar-refractivity contribution in [1.82, 2.24) is 29.9 Å². The zero-order valence-electron chi connectivity index (χ0n) is 43.8. The zero-order valence-corrected chi connectivity index (χ0v) is 60.2. The minimum Gasteiger partial charge on any atom is -0.744 e. The first kappa shape index (κ1) is 78.9. The number of benzene rings is 5. The minimum absolute atomic E-state index is 0. The number of nitrogen functional groups attached to an aromatic ring is 2. The normalized spacial score (nSPS) is 11.6. The molecule has 2 heterocycles. The van der Waals surface area contributed by atoms with Crippen LogP contribution in [0.1, 0.15) is 0 Å². The molecule has 47 heteroatoms. The summed E-state index contributed by atoms with van der Waals surface area (Å²) in [5, 5.41) is 53.1. The summed E-state index contributed by atoms with van der Waals surface area (Å²) in [5.41, 5.74) is 9.01. The Morgan fingerprint density at radius 2 is 0.988 bits per heavy atom. The standard InChI is InChI=1S/C38H32Cl2N16O18S6.5Na/c39-33-47-35(43-18-4-8-22(9-5-18)77(59,60)13-12-70-76-74-72-58)51-37(49-33)45-20-6-10-27(75-73-71-57)24(15-20)53-56-32-30(41)26(17-29(31(32)42)80(67,68)69)55-54-25-16-21(7-11-28(25)79(64,65)66)46-38-50-34(40)48-36(52-38)44-19-2-1-3-23(14-19)78(61,62)63;;;;;/h1-11,14-17,57-58H,12-13,41-42H2,(H,61,62,63)(H,64,65,66)(H,67,68,69)(H2,43,45,47,49,51)(H2,44,46,48,50,52);;;;;/q;5*+1/p-5. The Bertz CT molecular complexity index is 4020. The molecule has 0 fully saturated rings. The van der Waals surface area contributed by atoms with E-state index >= 15 is 0 Å². The molecule has 0 saturated carbocycles. The van der Waals surface area contributed by atoms with Crippen LogP contribution in [0, 0.1) is 0 Å². The molecular weight excluding hydrogens is 1350 g/mol. The Labute approximate surface area is 610 Å². The number of anilines is 10. The van der Waals surface area contributed by atoms with Gasteiger partial charge >= 0.3 is 148 Å². The van der Waals surface area contributed by atoms with Gasteiger partial charge in [0.1, 0.15) is 53.1 Å². The van der Waals surface area contributed by atoms with Gasteiger partial charge in [-0.3, -0.25) is 14.3 Å². The summed E-state index contributed by atoms with van der Waals surface area (Å²) in [6, 6.07) is 17.4. The smallest absolute Gasteiger partial charge is 0.744 e. The number of hydrogen-bond acceptors (Lipinski definition) is 36. The monoisotopic (exact) mass is 1370 g/mol. The van der Waals surface area contributed by atoms with Crippen LogP contribution in [-0.4, -0.2) is 89.6 Å². The third-order valence-corrected chi connectivity index (χ3v) is 15.2. The van der Waals surface area contributed by atoms with Crippen LogP contribution in [0.25, 0.3) is 0 Å². The van der Waals surface area contributed by atoms with Crippen LogP contribution in [0.4, 0.5) is 80.7 Å². The molecule has 0 amide bonds. The Balaban J connectivity index is 0.00000493. The maximum absolute atomic E-state index is 12.7. The van der Waals surface area contributed by atoms with E-state index < -0.39 is 94.4 Å². The number of halogens is 2. The Kier molecular flexibility index (Phi) is 32.9. The molecule has 0 unspecified atom stereocenters. The summed E-state index contributed by atoms with van der Waals surface area (Å²) in [5.74, 6) is -1.39. The van der Waals surface area contributed by atoms with Crippen molar-refractivity contribution in [2.75, 3.05) is 45.1 Å². The van der Waals surface area contributed by atoms with Crippen molar-refractivity contribution < 1.29 is 229 Å². The van der Waals surface area contributed by atoms with E-state index in [4.69, 9.17) is 38.9 Å². The summed E-state index contributed by atoms with van der Waals surface area (Å²) in [4.78, 5) is 21.4. The molecule has 0 saturated heterocycles. The fourth-order valence-corrected chi connectivity index (χ4v) is 10.1. The van der Waals surface area contributed by atoms with Crippen LogP contribution in [0.15, 0.2) is 136 Å². The number of rotatable bonds is 25. The van der Waals surface area contributed by atoms with Crippen LogP contribution >= 0.6 is 47.6 Å². The van der Waals surface area contributed by atoms with Crippen LogP contribution in [0.5, 0.6) is 0 Å². The molecule has 422 valence electrons. The molecule has 0 aliphatic heterocycles. The summed E-state index contributed by atoms with van der Waals surface area (Å²) in [6.45, 7) is -0.341. The number of azo groups is 2. The molecular formula is C38H27Cl2N16Na5O18S6. The molecule has 0 atom stereocenters. The third kappa shape index (κ3) is 23.2. The van der Waals surface area contributed by atoms with Crippen molar-refractivity contribution >= 4 is 168 Å². The first-order valence-corrected chi connectivity index (χ1v) is 28.8. The van der Waals surface area contributed by atoms with Crippen LogP contribution in [-0.2, 0) is 63.1 Å². The van der Waals surface area contributed by atoms with Gasteiger partial charge in [0, 0.05) is 22.7 Å². The Hall–Kier alpha value is -2.20. The van der Waals surface area contributed by atoms with Crippen LogP contribution in [0.2, 0.25) is 10.6 Å². The van der Waals surface area contributed by atoms with Gasteiger partial charge in [-0.25, -0.2) is 33.7 Å². The fourth-order valence-electron chi connectivity index (χ4n) is 6.19. The van der Waals surface area contributed by atoms with Crippen molar-refractivity contribution in [2.45, 2.75) is 24.5 Å². The maximum Gasteiger partial charge on any atom is 1.00 e. The SMILES string of the molecule is Nc1c(N=Nc2cc(Nc3nc(Cl)nc(Nc4cccc(S(=O)(=O)[O-])c4)n3)ccc2S(=O)(=O)[O-])cc(S(=O)(=O)[O-])c(N)c1N=Nc1cc(Nc2nc(Cl)nc(Nc3ccc(S(=O)(=O)CCOSOO[O-])cc3)n2)ccc1SOO[O-].[Na+].[Na+].[Na+].[Na+].[Na+]. The number of nitrogens with two attached hydrogens (primary N) is 2. The molecule has 34 nitrogen and oxygen atoms in total. The Morgan fingerprint density at radius 1 is 0.506 bits per heavy atom. The average Bonchev–Trinajstić information content (AvgIpc) is 3.55. The van der Waals surface area contributed by atoms with Gasteiger partial charge in [0.25, 0.3) is 0 Å². The fraction of sp³-hybridized carbons (Fsp3) is 0.0526. The van der Waals surface area contributed by atoms with Gasteiger partial charge in [-0.05, 0) is 108 Å². The number of nitrogens with one attached hydrogen (secondary N) is 4. The summed E-state index contributed by atoms with van der Waals surface area (Å²) >= 11 is 12.7. The molecule has 0 aliphatic carbocycles. The Morgan fingerprint density at radius 3 is 1.52 bits per heavy atom. The molecule has 5 aromatic carbocycles. The molecule has 85 heavy (non-hydrogen) atoms. The van der Waals surface area contributed by atoms with E-state index in [-0.39, 0.29) is 228 Å². The van der Waals surface area contributed by atoms with Crippen LogP contribution in [0.3, 0.4) is 0 Å². The molecule has 7 aromatic rings. The summed E-state index contributed by atoms with van der Waals surface area (Å²) in [7, 11) is -19.5. The van der Waals surface area contributed by atoms with Crippen molar-refractivity contribution in [3.63, 3.8) is 0 Å². The van der Waals surface area contributed by atoms with Gasteiger partial charge in [-0.1, -0.05) is 6.07 Å². The molecule has 0 aliphatic rings. The van der Waals surface area contributed by atoms with E-state index in [2.05, 4.69) is 90.4 Å². The molecule has 0 spiro atoms. The van der Waals surface area contributed by atoms with Crippen molar-refractivity contribution in [1.29, 1.82) is 0 Å². The first-order valence-electron chi connectivity index (χ1n) is 20.7. The van der Waals surface area contributed by atoms with Crippen molar-refractivity contribution in [3.05, 3.63) is 102 Å². The van der Waals surface area contributed by atoms with E-state index in [1.54, 1.807) is 0 Å². The van der Waals surface area contributed by atoms with Gasteiger partial charge < -0.3 is 56.9 Å². The second-order valence-corrected chi connectivity index (χ2v) is 22.9. The van der Waals surface area contributed by atoms with Crippen molar-refractivity contribution in [3.8, 4) is 0 Å². The molecule has 0 bridgehead atoms. The van der Waals surface area contributed by atoms with Crippen LogP contribution < -0.4 is 191 Å².